The Morgan fingerprint density at radius 3 is 0.545 bits per heavy atom. The summed E-state index contributed by atoms with van der Waals surface area (Å²) in [6.07, 6.45) is 0. The highest BCUT2D eigenvalue weighted by Gasteiger charge is 2.21. The summed E-state index contributed by atoms with van der Waals surface area (Å²) in [5, 5.41) is 4.59. The number of hydrogen-bond donors (Lipinski definition) is 0. The monoisotopic (exact) mass is 1700 g/mol. The van der Waals surface area contributed by atoms with Crippen molar-refractivity contribution in [3.8, 4) is 181 Å². The predicted molar refractivity (Wildman–Crippen MR) is 540 cm³/mol. The molecular formula is C120H88N12. The average molecular weight is 1700 g/mol. The summed E-state index contributed by atoms with van der Waals surface area (Å²) in [5.74, 6) is 8.06. The molecule has 4 aromatic heterocycles. The molecule has 0 N–H and O–H groups in total. The van der Waals surface area contributed by atoms with E-state index in [4.69, 9.17) is 59.8 Å². The van der Waals surface area contributed by atoms with Crippen LogP contribution in [0.2, 0.25) is 0 Å². The summed E-state index contributed by atoms with van der Waals surface area (Å²) in [6.45, 7) is 8.32. The van der Waals surface area contributed by atoms with E-state index in [2.05, 4.69) is 392 Å². The normalized spacial score (nSPS) is 10.9. The Bertz CT molecular complexity index is 7340. The standard InChI is InChI=1S/2C34H25N3.C30H21N3.C22H17N3/c1-24-18-20-27(21-19-24)32-35-33(30-16-8-14-28(22-30)25-10-4-2-5-11-25)37-34(36-32)31-17-9-15-29(23-31)26-12-6-3-7-13-26;1-24-12-14-29(15-13-24)32-35-33(30-20-16-27(17-21-30)25-8-4-2-5-9-25)37-34(36-32)31-22-18-28(19-23-31)26-10-6-3-7-11-26;1-20-16-18-23(19-17-20)28-31-29(26-14-6-10-21-8-2-4-12-24(21)26)33-30(32-28)27-15-7-11-22-9-3-5-13-25(22)27;1-16-12-14-19(15-13-16)22-24-20(17-8-4-2-5-9-17)23-21(25-22)18-10-6-3-7-11-18/h2*2-23H,1H3;2-19H,1H3;2-15H,1H3. The third-order valence-corrected chi connectivity index (χ3v) is 22.9. The molecule has 0 spiro atoms. The van der Waals surface area contributed by atoms with Crippen LogP contribution in [0.1, 0.15) is 22.3 Å². The van der Waals surface area contributed by atoms with Gasteiger partial charge in [-0.1, -0.05) is 471 Å². The topological polar surface area (TPSA) is 155 Å². The highest BCUT2D eigenvalue weighted by Crippen LogP contribution is 2.37. The van der Waals surface area contributed by atoms with Crippen LogP contribution in [0.25, 0.3) is 203 Å². The van der Waals surface area contributed by atoms with Crippen molar-refractivity contribution in [3.63, 3.8) is 0 Å². The molecule has 0 aliphatic carbocycles. The summed E-state index contributed by atoms with van der Waals surface area (Å²) in [7, 11) is 0. The lowest BCUT2D eigenvalue weighted by Gasteiger charge is -2.11. The summed E-state index contributed by atoms with van der Waals surface area (Å²) < 4.78 is 0. The molecular weight excluding hydrogens is 1610 g/mol. The van der Waals surface area contributed by atoms with Gasteiger partial charge in [-0.2, -0.15) is 0 Å². The van der Waals surface area contributed by atoms with Crippen LogP contribution < -0.4 is 0 Å². The van der Waals surface area contributed by atoms with Crippen molar-refractivity contribution in [2.45, 2.75) is 27.7 Å². The lowest BCUT2D eigenvalue weighted by molar-refractivity contribution is 1.07. The van der Waals surface area contributed by atoms with Gasteiger partial charge in [-0.15, -0.1) is 0 Å². The number of nitrogens with zero attached hydrogens (tertiary/aromatic N) is 12. The summed E-state index contributed by atoms with van der Waals surface area (Å²) in [6, 6.07) is 157. The summed E-state index contributed by atoms with van der Waals surface area (Å²) in [5.41, 5.74) is 25.8. The minimum atomic E-state index is 0.656. The van der Waals surface area contributed by atoms with E-state index in [1.54, 1.807) is 0 Å². The Hall–Kier alpha value is -17.5. The molecule has 0 fully saturated rings. The van der Waals surface area contributed by atoms with Crippen molar-refractivity contribution in [2.24, 2.45) is 0 Å². The fourth-order valence-electron chi connectivity index (χ4n) is 15.7. The molecule has 0 amide bonds. The summed E-state index contributed by atoms with van der Waals surface area (Å²) >= 11 is 0. The first-order valence-corrected chi connectivity index (χ1v) is 44.0. The Kier molecular flexibility index (Phi) is 25.2. The maximum Gasteiger partial charge on any atom is 0.164 e. The van der Waals surface area contributed by atoms with Gasteiger partial charge in [0.2, 0.25) is 0 Å². The zero-order valence-electron chi connectivity index (χ0n) is 73.2. The number of hydrogen-bond acceptors (Lipinski definition) is 12. The van der Waals surface area contributed by atoms with Crippen LogP contribution in [0.15, 0.2) is 461 Å². The van der Waals surface area contributed by atoms with E-state index in [1.165, 1.54) is 44.2 Å². The maximum absolute atomic E-state index is 4.99. The van der Waals surface area contributed by atoms with Gasteiger partial charge >= 0.3 is 0 Å². The van der Waals surface area contributed by atoms with E-state index in [1.807, 2.05) is 97.1 Å². The van der Waals surface area contributed by atoms with Gasteiger partial charge in [-0.05, 0) is 106 Å². The lowest BCUT2D eigenvalue weighted by Crippen LogP contribution is -2.01. The number of fused-ring (bicyclic) bond motifs is 2. The van der Waals surface area contributed by atoms with Gasteiger partial charge in [0.25, 0.3) is 0 Å². The van der Waals surface area contributed by atoms with E-state index >= 15 is 0 Å². The third-order valence-electron chi connectivity index (χ3n) is 22.9. The molecule has 22 rings (SSSR count). The Labute approximate surface area is 768 Å². The fraction of sp³-hybridized carbons (Fsp3) is 0.0333. The summed E-state index contributed by atoms with van der Waals surface area (Å²) in [4.78, 5) is 58.4. The largest absolute Gasteiger partial charge is 0.208 e. The van der Waals surface area contributed by atoms with Crippen LogP contribution in [0.3, 0.4) is 0 Å². The minimum Gasteiger partial charge on any atom is -0.208 e. The first-order chi connectivity index (χ1) is 65.0. The zero-order chi connectivity index (χ0) is 89.3. The first-order valence-electron chi connectivity index (χ1n) is 44.0. The third kappa shape index (κ3) is 20.0. The van der Waals surface area contributed by atoms with Crippen molar-refractivity contribution in [1.82, 2.24) is 59.8 Å². The highest BCUT2D eigenvalue weighted by molar-refractivity contribution is 5.98. The zero-order valence-corrected chi connectivity index (χ0v) is 73.2. The molecule has 0 saturated heterocycles. The molecule has 18 aromatic carbocycles. The van der Waals surface area contributed by atoms with Crippen LogP contribution in [0.5, 0.6) is 0 Å². The molecule has 4 heterocycles. The predicted octanol–water partition coefficient (Wildman–Crippen LogP) is 29.7. The Morgan fingerprint density at radius 2 is 0.273 bits per heavy atom. The highest BCUT2D eigenvalue weighted by atomic mass is 15.1. The van der Waals surface area contributed by atoms with Crippen molar-refractivity contribution in [1.29, 1.82) is 0 Å². The Balaban J connectivity index is 0.000000115. The smallest absolute Gasteiger partial charge is 0.164 e. The van der Waals surface area contributed by atoms with Gasteiger partial charge in [0, 0.05) is 66.8 Å². The second kappa shape index (κ2) is 39.6. The number of benzene rings is 18. The van der Waals surface area contributed by atoms with E-state index < -0.39 is 0 Å². The molecule has 0 aliphatic rings. The first kappa shape index (κ1) is 84.0. The van der Waals surface area contributed by atoms with E-state index in [0.717, 1.165) is 111 Å². The van der Waals surface area contributed by atoms with Gasteiger partial charge in [0.05, 0.1) is 0 Å². The van der Waals surface area contributed by atoms with Crippen molar-refractivity contribution in [3.05, 3.63) is 483 Å². The molecule has 0 aliphatic heterocycles. The lowest BCUT2D eigenvalue weighted by atomic mass is 10.0. The number of aromatic nitrogens is 12. The Morgan fingerprint density at radius 1 is 0.114 bits per heavy atom. The molecule has 12 nitrogen and oxygen atoms in total. The van der Waals surface area contributed by atoms with Crippen molar-refractivity contribution in [2.75, 3.05) is 0 Å². The van der Waals surface area contributed by atoms with Gasteiger partial charge < -0.3 is 0 Å². The SMILES string of the molecule is Cc1ccc(-c2nc(-c3ccc(-c4ccccc4)cc3)nc(-c3ccc(-c4ccccc4)cc3)n2)cc1.Cc1ccc(-c2nc(-c3cccc(-c4ccccc4)c3)nc(-c3cccc(-c4ccccc4)c3)n2)cc1.Cc1ccc(-c2nc(-c3cccc4ccccc34)nc(-c3cccc4ccccc34)n2)cc1.Cc1ccc(-c2nc(-c3ccccc3)nc(-c3ccccc3)n2)cc1. The van der Waals surface area contributed by atoms with Gasteiger partial charge in [-0.3, -0.25) is 0 Å². The molecule has 132 heavy (non-hydrogen) atoms. The van der Waals surface area contributed by atoms with E-state index in [9.17, 15) is 0 Å². The maximum atomic E-state index is 4.99. The molecule has 0 bridgehead atoms. The van der Waals surface area contributed by atoms with E-state index in [0.29, 0.717) is 69.9 Å². The fourth-order valence-corrected chi connectivity index (χ4v) is 15.7. The molecule has 0 saturated carbocycles. The molecule has 0 atom stereocenters. The quantitative estimate of drug-likeness (QED) is 0.0904. The van der Waals surface area contributed by atoms with Crippen LogP contribution in [0.4, 0.5) is 0 Å². The van der Waals surface area contributed by atoms with Crippen LogP contribution in [-0.4, -0.2) is 59.8 Å². The average Bonchev–Trinajstić information content (AvgIpc) is 0.766. The van der Waals surface area contributed by atoms with Crippen molar-refractivity contribution < 1.29 is 0 Å². The van der Waals surface area contributed by atoms with Crippen LogP contribution >= 0.6 is 0 Å². The number of rotatable bonds is 16. The van der Waals surface area contributed by atoms with Crippen molar-refractivity contribution >= 4 is 21.5 Å². The molecule has 0 unspecified atom stereocenters. The molecule has 628 valence electrons. The van der Waals surface area contributed by atoms with E-state index in [-0.39, 0.29) is 0 Å². The number of aryl methyl sites for hydroxylation is 4. The van der Waals surface area contributed by atoms with Crippen LogP contribution in [-0.2, 0) is 0 Å². The van der Waals surface area contributed by atoms with Crippen LogP contribution in [0, 0.1) is 27.7 Å². The second-order valence-electron chi connectivity index (χ2n) is 32.3. The van der Waals surface area contributed by atoms with Gasteiger partial charge in [0.1, 0.15) is 0 Å². The minimum absolute atomic E-state index is 0.656. The second-order valence-corrected chi connectivity index (χ2v) is 32.3. The molecule has 22 aromatic rings. The van der Waals surface area contributed by atoms with Gasteiger partial charge in [0.15, 0.2) is 69.9 Å². The molecule has 0 radical (unpaired) electrons. The molecule has 12 heteroatoms. The van der Waals surface area contributed by atoms with Gasteiger partial charge in [-0.25, -0.2) is 59.8 Å².